The Morgan fingerprint density at radius 1 is 0.962 bits per heavy atom. The average molecular weight is 1080 g/mol. The number of fused-ring (bicyclic) bond motifs is 4. The molecule has 4 N–H and O–H groups in total. The third-order valence-corrected chi connectivity index (χ3v) is 17.3. The number of carbonyl (C=O) groups excluding carboxylic acids is 2. The molecule has 4 aliphatic heterocycles. The maximum Gasteiger partial charge on any atom is 0.319 e. The summed E-state index contributed by atoms with van der Waals surface area (Å²) >= 11 is 1.59. The predicted octanol–water partition coefficient (Wildman–Crippen LogP) is 8.75. The molecule has 0 radical (unpaired) electrons. The molecule has 2 bridgehead atoms. The van der Waals surface area contributed by atoms with E-state index in [9.17, 15) is 19.8 Å². The molecule has 4 saturated heterocycles. The number of aliphatic hydroxyl groups is 1. The highest BCUT2D eigenvalue weighted by molar-refractivity contribution is 7.13. The maximum absolute atomic E-state index is 17.1. The third kappa shape index (κ3) is 11.1. The molecule has 2 amide bonds. The summed E-state index contributed by atoms with van der Waals surface area (Å²) in [4.78, 5) is 53.9. The minimum atomic E-state index is -0.843. The normalized spacial score (nSPS) is 20.7. The molecular weight excluding hydrogens is 1010 g/mol. The molecule has 6 atom stereocenters. The number of hydrogen-bond donors (Lipinski definition) is 4. The summed E-state index contributed by atoms with van der Waals surface area (Å²) in [6, 6.07) is 18.5. The number of anilines is 1. The molecule has 4 aliphatic rings. The van der Waals surface area contributed by atoms with Crippen LogP contribution in [0.1, 0.15) is 101 Å². The lowest BCUT2D eigenvalue weighted by atomic mass is 9.91. The van der Waals surface area contributed by atoms with Gasteiger partial charge in [0.1, 0.15) is 41.3 Å². The molecule has 0 spiro atoms. The molecule has 0 saturated carbocycles. The second kappa shape index (κ2) is 22.9. The summed E-state index contributed by atoms with van der Waals surface area (Å²) in [5.41, 5.74) is 6.60. The second-order valence-corrected chi connectivity index (χ2v) is 22.8. The summed E-state index contributed by atoms with van der Waals surface area (Å²) in [7, 11) is 0. The smallest absolute Gasteiger partial charge is 0.319 e. The van der Waals surface area contributed by atoms with E-state index in [0.29, 0.717) is 66.2 Å². The van der Waals surface area contributed by atoms with Crippen LogP contribution in [0.5, 0.6) is 17.6 Å². The van der Waals surface area contributed by atoms with Crippen LogP contribution in [0, 0.1) is 24.6 Å². The highest BCUT2D eigenvalue weighted by Gasteiger charge is 2.44. The maximum atomic E-state index is 17.1. The van der Waals surface area contributed by atoms with Crippen LogP contribution in [0.2, 0.25) is 0 Å². The largest absolute Gasteiger partial charge is 0.508 e. The van der Waals surface area contributed by atoms with Gasteiger partial charge in [-0.3, -0.25) is 19.5 Å². The van der Waals surface area contributed by atoms with Gasteiger partial charge in [-0.05, 0) is 122 Å². The van der Waals surface area contributed by atoms with Crippen molar-refractivity contribution in [3.8, 4) is 39.3 Å². The number of amides is 2. The van der Waals surface area contributed by atoms with Crippen molar-refractivity contribution in [1.29, 1.82) is 0 Å². The Morgan fingerprint density at radius 2 is 1.74 bits per heavy atom. The van der Waals surface area contributed by atoms with Gasteiger partial charge in [-0.15, -0.1) is 11.3 Å². The van der Waals surface area contributed by atoms with Crippen LogP contribution >= 0.6 is 11.3 Å². The van der Waals surface area contributed by atoms with Gasteiger partial charge in [0.25, 0.3) is 5.88 Å². The van der Waals surface area contributed by atoms with E-state index >= 15 is 4.39 Å². The number of ether oxygens (including phenoxy) is 2. The zero-order valence-electron chi connectivity index (χ0n) is 45.0. The van der Waals surface area contributed by atoms with Gasteiger partial charge in [-0.2, -0.15) is 9.97 Å². The number of phenolic OH excluding ortho intramolecular Hbond substituents is 1. The SMILES string of the molecule is CCc1cccc2cc(O)cc(-c3ncc4c(N5CC6CCC(C5)N6)nc(OCCN5CCC(CCOc6cc([C@@H](C(=O)N7C[C@H](O)C[C@H]7C(=O)N[C@@H](C)c7ccc(-c8scnc8C)cc7)C(C)C)on6)CC5)nc4c3F)c12. The third-order valence-electron chi connectivity index (χ3n) is 16.4. The number of aryl methyl sites for hydroxylation is 2. The molecule has 17 nitrogen and oxygen atoms in total. The number of nitrogens with zero attached hydrogens (tertiary/aromatic N) is 8. The monoisotopic (exact) mass is 1080 g/mol. The molecule has 11 rings (SSSR count). The number of aromatic hydroxyl groups is 1. The summed E-state index contributed by atoms with van der Waals surface area (Å²) < 4.78 is 35.3. The number of β-amino-alcohol motifs (C(OH)–C–C–N with tert-alkyl or cyclic N) is 1. The van der Waals surface area contributed by atoms with Crippen LogP contribution in [0.3, 0.4) is 0 Å². The van der Waals surface area contributed by atoms with Crippen molar-refractivity contribution in [2.75, 3.05) is 57.4 Å². The quantitative estimate of drug-likeness (QED) is 0.0634. The van der Waals surface area contributed by atoms with Gasteiger partial charge in [0.15, 0.2) is 11.6 Å². The Kier molecular flexibility index (Phi) is 15.6. The fourth-order valence-electron chi connectivity index (χ4n) is 12.2. The van der Waals surface area contributed by atoms with Crippen molar-refractivity contribution in [3.63, 3.8) is 0 Å². The molecule has 7 aromatic rings. The molecular formula is C59H69FN10O7S. The van der Waals surface area contributed by atoms with Crippen LogP contribution < -0.4 is 25.0 Å². The summed E-state index contributed by atoms with van der Waals surface area (Å²) in [6.07, 6.45) is 6.61. The summed E-state index contributed by atoms with van der Waals surface area (Å²) in [6.45, 7) is 14.5. The number of piperidine rings is 1. The van der Waals surface area contributed by atoms with Gasteiger partial charge < -0.3 is 44.6 Å². The number of aromatic nitrogens is 5. The van der Waals surface area contributed by atoms with E-state index in [1.807, 2.05) is 75.7 Å². The number of hydrogen-bond acceptors (Lipinski definition) is 16. The minimum Gasteiger partial charge on any atom is -0.508 e. The highest BCUT2D eigenvalue weighted by atomic mass is 32.1. The van der Waals surface area contributed by atoms with E-state index in [0.717, 1.165) is 103 Å². The molecule has 78 heavy (non-hydrogen) atoms. The van der Waals surface area contributed by atoms with Gasteiger partial charge in [0.05, 0.1) is 40.2 Å². The van der Waals surface area contributed by atoms with E-state index in [4.69, 9.17) is 28.9 Å². The van der Waals surface area contributed by atoms with Gasteiger partial charge in [0.2, 0.25) is 11.8 Å². The fourth-order valence-corrected chi connectivity index (χ4v) is 13.0. The Morgan fingerprint density at radius 3 is 2.47 bits per heavy atom. The van der Waals surface area contributed by atoms with Gasteiger partial charge in [-0.25, -0.2) is 9.37 Å². The first-order chi connectivity index (χ1) is 37.8. The number of benzene rings is 3. The van der Waals surface area contributed by atoms with Crippen LogP contribution in [-0.4, -0.2) is 134 Å². The highest BCUT2D eigenvalue weighted by Crippen LogP contribution is 2.40. The number of rotatable bonds is 18. The first kappa shape index (κ1) is 53.2. The number of nitrogens with one attached hydrogen (secondary N) is 2. The van der Waals surface area contributed by atoms with Crippen LogP contribution in [0.4, 0.5) is 10.2 Å². The number of pyridine rings is 1. The van der Waals surface area contributed by atoms with Gasteiger partial charge >= 0.3 is 6.01 Å². The van der Waals surface area contributed by atoms with E-state index in [1.165, 1.54) is 4.90 Å². The number of halogens is 1. The lowest BCUT2D eigenvalue weighted by Gasteiger charge is -2.34. The lowest BCUT2D eigenvalue weighted by Crippen LogP contribution is -2.51. The van der Waals surface area contributed by atoms with Gasteiger partial charge in [-0.1, -0.05) is 63.2 Å². The number of thiazole rings is 1. The van der Waals surface area contributed by atoms with Crippen LogP contribution in [-0.2, 0) is 16.0 Å². The van der Waals surface area contributed by atoms with Crippen molar-refractivity contribution in [2.24, 2.45) is 11.8 Å². The van der Waals surface area contributed by atoms with E-state index in [2.05, 4.69) is 37.5 Å². The van der Waals surface area contributed by atoms with Crippen molar-refractivity contribution >= 4 is 50.6 Å². The molecule has 3 aromatic carbocycles. The van der Waals surface area contributed by atoms with Crippen LogP contribution in [0.25, 0.3) is 43.4 Å². The Balaban J connectivity index is 0.682. The Labute approximate surface area is 457 Å². The molecule has 410 valence electrons. The number of likely N-dealkylation sites (tertiary alicyclic amines) is 2. The zero-order chi connectivity index (χ0) is 54.2. The summed E-state index contributed by atoms with van der Waals surface area (Å²) in [5, 5.41) is 34.6. The number of aliphatic hydroxyl groups excluding tert-OH is 1. The number of phenols is 1. The number of carbonyl (C=O) groups is 2. The van der Waals surface area contributed by atoms with Crippen molar-refractivity contribution in [1.82, 2.24) is 45.5 Å². The Hall–Kier alpha value is -6.80. The molecule has 4 aromatic heterocycles. The molecule has 2 unspecified atom stereocenters. The second-order valence-electron chi connectivity index (χ2n) is 22.0. The molecule has 0 aliphatic carbocycles. The van der Waals surface area contributed by atoms with Crippen molar-refractivity contribution < 1.29 is 38.2 Å². The topological polar surface area (TPSA) is 204 Å². The van der Waals surface area contributed by atoms with Gasteiger partial charge in [0, 0.05) is 62.5 Å². The zero-order valence-corrected chi connectivity index (χ0v) is 45.8. The summed E-state index contributed by atoms with van der Waals surface area (Å²) in [5.74, 6) is -0.403. The predicted molar refractivity (Wildman–Crippen MR) is 297 cm³/mol. The molecule has 8 heterocycles. The minimum absolute atomic E-state index is 0.0349. The first-order valence-corrected chi connectivity index (χ1v) is 28.5. The average Bonchev–Trinajstić information content (AvgIpc) is 4.26. The lowest BCUT2D eigenvalue weighted by molar-refractivity contribution is -0.141. The van der Waals surface area contributed by atoms with E-state index in [-0.39, 0.29) is 59.7 Å². The molecule has 19 heteroatoms. The van der Waals surface area contributed by atoms with E-state index in [1.54, 1.807) is 35.7 Å². The van der Waals surface area contributed by atoms with Crippen molar-refractivity contribution in [3.05, 3.63) is 101 Å². The fraction of sp³-hybridized carbons (Fsp3) is 0.475. The Bertz CT molecular complexity index is 3280. The van der Waals surface area contributed by atoms with E-state index < -0.39 is 23.9 Å². The number of piperazine rings is 1. The first-order valence-electron chi connectivity index (χ1n) is 27.6. The van der Waals surface area contributed by atoms with Crippen molar-refractivity contribution in [2.45, 2.75) is 116 Å². The standard InChI is InChI=1S/C59H69FN10O7S/c1-6-37-8-7-9-40-24-43(71)25-45(51(37)40)53-52(60)54-46(28-61-53)56(69-29-41-14-15-42(30-69)64-41)66-59(65-54)76-23-21-68-19-16-36(17-20-68)18-22-75-49-27-48(77-67-49)50(33(2)3)58(74)70-31-44(72)26-47(70)57(73)63-34(4)38-10-12-39(13-11-38)55-35(5)62-32-78-55/h7-13,24-25,27-28,32-34,36,41-42,44,47,50,64,71-72H,6,14-23,26,29-31H2,1-5H3,(H,63,73)/t34-,41?,42?,44+,47-,50-/m0/s1. The van der Waals surface area contributed by atoms with Crippen LogP contribution in [0.15, 0.2) is 76.9 Å². The molecule has 4 fully saturated rings.